The zero-order chi connectivity index (χ0) is 20.3. The van der Waals surface area contributed by atoms with Gasteiger partial charge in [-0.05, 0) is 76.1 Å². The van der Waals surface area contributed by atoms with E-state index in [1.807, 2.05) is 29.2 Å². The molecule has 1 aromatic rings. The molecular formula is C24H35N3O3. The summed E-state index contributed by atoms with van der Waals surface area (Å²) < 4.78 is 11.6. The van der Waals surface area contributed by atoms with E-state index in [2.05, 4.69) is 9.80 Å². The summed E-state index contributed by atoms with van der Waals surface area (Å²) in [6.07, 6.45) is 10.3. The highest BCUT2D eigenvalue weighted by atomic mass is 16.6. The van der Waals surface area contributed by atoms with Crippen LogP contribution in [0.2, 0.25) is 0 Å². The molecule has 0 N–H and O–H groups in total. The van der Waals surface area contributed by atoms with Crippen molar-refractivity contribution in [2.75, 3.05) is 44.2 Å². The zero-order valence-electron chi connectivity index (χ0n) is 18.0. The van der Waals surface area contributed by atoms with Gasteiger partial charge in [-0.1, -0.05) is 12.8 Å². The maximum absolute atomic E-state index is 12.4. The Kier molecular flexibility index (Phi) is 6.14. The first kappa shape index (κ1) is 20.1. The van der Waals surface area contributed by atoms with E-state index in [0.29, 0.717) is 18.8 Å². The summed E-state index contributed by atoms with van der Waals surface area (Å²) in [5, 5.41) is 0. The summed E-state index contributed by atoms with van der Waals surface area (Å²) >= 11 is 0. The van der Waals surface area contributed by atoms with Crippen molar-refractivity contribution in [2.24, 2.45) is 0 Å². The largest absolute Gasteiger partial charge is 0.490 e. The van der Waals surface area contributed by atoms with Crippen LogP contribution in [0.3, 0.4) is 0 Å². The van der Waals surface area contributed by atoms with Crippen LogP contribution >= 0.6 is 0 Å². The molecule has 0 spiro atoms. The molecule has 4 fully saturated rings. The van der Waals surface area contributed by atoms with Crippen molar-refractivity contribution in [1.82, 2.24) is 9.80 Å². The van der Waals surface area contributed by atoms with Crippen LogP contribution in [0.25, 0.3) is 0 Å². The average molecular weight is 414 g/mol. The second kappa shape index (κ2) is 9.15. The van der Waals surface area contributed by atoms with Crippen molar-refractivity contribution < 1.29 is 14.3 Å². The van der Waals surface area contributed by atoms with Gasteiger partial charge in [-0.25, -0.2) is 4.79 Å². The normalized spacial score (nSPS) is 30.7. The number of benzene rings is 1. The molecule has 0 aromatic heterocycles. The maximum atomic E-state index is 12.4. The monoisotopic (exact) mass is 413 g/mol. The molecule has 0 radical (unpaired) electrons. The number of hydrogen-bond donors (Lipinski definition) is 0. The molecular weight excluding hydrogens is 378 g/mol. The quantitative estimate of drug-likeness (QED) is 0.708. The van der Waals surface area contributed by atoms with E-state index in [4.69, 9.17) is 9.47 Å². The van der Waals surface area contributed by atoms with Crippen molar-refractivity contribution in [3.8, 4) is 5.75 Å². The topological polar surface area (TPSA) is 45.3 Å². The van der Waals surface area contributed by atoms with Crippen LogP contribution in [0.15, 0.2) is 24.3 Å². The van der Waals surface area contributed by atoms with Crippen LogP contribution in [-0.2, 0) is 4.74 Å². The second-order valence-electron chi connectivity index (χ2n) is 9.42. The molecule has 1 aromatic carbocycles. The van der Waals surface area contributed by atoms with Gasteiger partial charge in [0.25, 0.3) is 0 Å². The van der Waals surface area contributed by atoms with Crippen LogP contribution in [0.1, 0.15) is 51.4 Å². The van der Waals surface area contributed by atoms with Crippen LogP contribution in [0.5, 0.6) is 5.75 Å². The fraction of sp³-hybridized carbons (Fsp3) is 0.708. The highest BCUT2D eigenvalue weighted by Gasteiger charge is 2.37. The van der Waals surface area contributed by atoms with Gasteiger partial charge in [0.05, 0.1) is 6.04 Å². The molecule has 164 valence electrons. The lowest BCUT2D eigenvalue weighted by atomic mass is 9.86. The van der Waals surface area contributed by atoms with E-state index in [1.165, 1.54) is 51.6 Å². The molecule has 4 aliphatic rings. The number of piperidine rings is 2. The lowest BCUT2D eigenvalue weighted by Crippen LogP contribution is -2.50. The van der Waals surface area contributed by atoms with Crippen molar-refractivity contribution in [1.29, 1.82) is 0 Å². The van der Waals surface area contributed by atoms with Crippen LogP contribution < -0.4 is 9.64 Å². The highest BCUT2D eigenvalue weighted by molar-refractivity contribution is 5.90. The number of likely N-dealkylation sites (tertiary alicyclic amines) is 2. The number of amides is 1. The third kappa shape index (κ3) is 4.45. The molecule has 1 atom stereocenters. The van der Waals surface area contributed by atoms with Crippen molar-refractivity contribution in [2.45, 2.75) is 69.6 Å². The summed E-state index contributed by atoms with van der Waals surface area (Å²) in [7, 11) is 0. The number of anilines is 1. The Hall–Kier alpha value is -1.79. The Morgan fingerprint density at radius 1 is 0.900 bits per heavy atom. The fourth-order valence-electron chi connectivity index (χ4n) is 5.44. The number of cyclic esters (lactones) is 1. The van der Waals surface area contributed by atoms with Gasteiger partial charge in [-0.3, -0.25) is 4.90 Å². The van der Waals surface area contributed by atoms with E-state index in [-0.39, 0.29) is 12.1 Å². The van der Waals surface area contributed by atoms with Crippen molar-refractivity contribution >= 4 is 11.8 Å². The van der Waals surface area contributed by atoms with Gasteiger partial charge < -0.3 is 19.3 Å². The van der Waals surface area contributed by atoms with Gasteiger partial charge in [0.2, 0.25) is 0 Å². The SMILES string of the molecule is O=C1OC[C@@H](CN2CCCCC2)N1c1ccc(OC2CC(N3CCCCC3)C2)cc1. The van der Waals surface area contributed by atoms with Crippen molar-refractivity contribution in [3.05, 3.63) is 24.3 Å². The predicted octanol–water partition coefficient (Wildman–Crippen LogP) is 3.89. The van der Waals surface area contributed by atoms with Crippen molar-refractivity contribution in [3.63, 3.8) is 0 Å². The third-order valence-corrected chi connectivity index (χ3v) is 7.27. The first-order chi connectivity index (χ1) is 14.8. The molecule has 3 aliphatic heterocycles. The molecule has 5 rings (SSSR count). The van der Waals surface area contributed by atoms with Crippen LogP contribution in [-0.4, -0.2) is 73.4 Å². The maximum Gasteiger partial charge on any atom is 0.414 e. The van der Waals surface area contributed by atoms with Gasteiger partial charge >= 0.3 is 6.09 Å². The minimum absolute atomic E-state index is 0.0966. The van der Waals surface area contributed by atoms with E-state index in [0.717, 1.165) is 43.9 Å². The number of carbonyl (C=O) groups excluding carboxylic acids is 1. The van der Waals surface area contributed by atoms with Gasteiger partial charge in [-0.15, -0.1) is 0 Å². The summed E-state index contributed by atoms with van der Waals surface area (Å²) in [6.45, 7) is 6.15. The Bertz CT molecular complexity index is 707. The molecule has 6 heteroatoms. The molecule has 6 nitrogen and oxygen atoms in total. The van der Waals surface area contributed by atoms with Crippen LogP contribution in [0, 0.1) is 0 Å². The lowest BCUT2D eigenvalue weighted by Gasteiger charge is -2.44. The predicted molar refractivity (Wildman–Crippen MR) is 117 cm³/mol. The van der Waals surface area contributed by atoms with E-state index in [1.54, 1.807) is 0 Å². The third-order valence-electron chi connectivity index (χ3n) is 7.27. The Balaban J connectivity index is 1.15. The number of nitrogens with zero attached hydrogens (tertiary/aromatic N) is 3. The van der Waals surface area contributed by atoms with Gasteiger partial charge in [0.15, 0.2) is 0 Å². The van der Waals surface area contributed by atoms with E-state index < -0.39 is 0 Å². The first-order valence-electron chi connectivity index (χ1n) is 12.0. The molecule has 0 unspecified atom stereocenters. The van der Waals surface area contributed by atoms with E-state index in [9.17, 15) is 4.79 Å². The minimum atomic E-state index is -0.228. The molecule has 30 heavy (non-hydrogen) atoms. The lowest BCUT2D eigenvalue weighted by molar-refractivity contribution is 0.00892. The molecule has 0 bridgehead atoms. The molecule has 3 heterocycles. The summed E-state index contributed by atoms with van der Waals surface area (Å²) in [5.41, 5.74) is 0.909. The van der Waals surface area contributed by atoms with Gasteiger partial charge in [0.1, 0.15) is 18.5 Å². The number of ether oxygens (including phenoxy) is 2. The highest BCUT2D eigenvalue weighted by Crippen LogP contribution is 2.33. The summed E-state index contributed by atoms with van der Waals surface area (Å²) in [6, 6.07) is 8.83. The van der Waals surface area contributed by atoms with Gasteiger partial charge in [-0.2, -0.15) is 0 Å². The smallest absolute Gasteiger partial charge is 0.414 e. The number of rotatable bonds is 6. The minimum Gasteiger partial charge on any atom is -0.490 e. The number of carbonyl (C=O) groups is 1. The molecule has 3 saturated heterocycles. The average Bonchev–Trinajstić information content (AvgIpc) is 3.12. The summed E-state index contributed by atoms with van der Waals surface area (Å²) in [5.74, 6) is 0.904. The molecule has 1 amide bonds. The van der Waals surface area contributed by atoms with E-state index >= 15 is 0 Å². The standard InChI is InChI=1S/C24H35N3O3/c28-24-27(21(18-29-24)17-25-11-3-1-4-12-25)19-7-9-22(10-8-19)30-23-15-20(16-23)26-13-5-2-6-14-26/h7-10,20-21,23H,1-6,11-18H2/t20?,21-,23?/m1/s1. The summed E-state index contributed by atoms with van der Waals surface area (Å²) in [4.78, 5) is 19.3. The Labute approximate surface area is 180 Å². The van der Waals surface area contributed by atoms with Gasteiger partial charge in [0, 0.05) is 31.1 Å². The van der Waals surface area contributed by atoms with Crippen LogP contribution in [0.4, 0.5) is 10.5 Å². The Morgan fingerprint density at radius 2 is 1.57 bits per heavy atom. The zero-order valence-corrected chi connectivity index (χ0v) is 18.0. The number of hydrogen-bond acceptors (Lipinski definition) is 5. The second-order valence-corrected chi connectivity index (χ2v) is 9.42. The first-order valence-corrected chi connectivity index (χ1v) is 12.0. The molecule has 1 saturated carbocycles. The molecule has 1 aliphatic carbocycles. The Morgan fingerprint density at radius 3 is 2.27 bits per heavy atom. The fourth-order valence-corrected chi connectivity index (χ4v) is 5.44.